The van der Waals surface area contributed by atoms with Crippen molar-refractivity contribution < 1.29 is 9.59 Å². The summed E-state index contributed by atoms with van der Waals surface area (Å²) in [6.45, 7) is 3.90. The van der Waals surface area contributed by atoms with Gasteiger partial charge in [-0.15, -0.1) is 12.4 Å². The van der Waals surface area contributed by atoms with Gasteiger partial charge in [-0.05, 0) is 17.5 Å². The maximum atomic E-state index is 12.0. The molecule has 0 bridgehead atoms. The third-order valence-corrected chi connectivity index (χ3v) is 4.16. The Bertz CT molecular complexity index is 553. The lowest BCUT2D eigenvalue weighted by atomic mass is 10.1. The number of hydrogen-bond donors (Lipinski definition) is 2. The SMILES string of the molecule is CC(C)[C@H](N)C(=O)NCC(=O)N(C)Cc1cccc(Cl)c1Cl.Cl. The number of rotatable bonds is 6. The van der Waals surface area contributed by atoms with Crippen molar-refractivity contribution in [3.05, 3.63) is 33.8 Å². The first-order chi connectivity index (χ1) is 10.2. The molecule has 0 saturated heterocycles. The molecule has 0 radical (unpaired) electrons. The third-order valence-electron chi connectivity index (χ3n) is 3.30. The first-order valence-electron chi connectivity index (χ1n) is 6.94. The van der Waals surface area contributed by atoms with Gasteiger partial charge < -0.3 is 16.0 Å². The molecule has 0 fully saturated rings. The molecule has 0 saturated carbocycles. The average Bonchev–Trinajstić information content (AvgIpc) is 2.47. The highest BCUT2D eigenvalue weighted by Crippen LogP contribution is 2.26. The normalized spacial score (nSPS) is 11.6. The summed E-state index contributed by atoms with van der Waals surface area (Å²) in [5.41, 5.74) is 6.46. The number of benzene rings is 1. The van der Waals surface area contributed by atoms with Gasteiger partial charge in [-0.25, -0.2) is 0 Å². The van der Waals surface area contributed by atoms with E-state index in [1.807, 2.05) is 13.8 Å². The molecule has 8 heteroatoms. The Morgan fingerprint density at radius 1 is 1.30 bits per heavy atom. The van der Waals surface area contributed by atoms with Crippen molar-refractivity contribution >= 4 is 47.4 Å². The van der Waals surface area contributed by atoms with Gasteiger partial charge in [-0.1, -0.05) is 49.2 Å². The van der Waals surface area contributed by atoms with Crippen LogP contribution in [0.2, 0.25) is 10.0 Å². The van der Waals surface area contributed by atoms with Crippen molar-refractivity contribution in [2.75, 3.05) is 13.6 Å². The fourth-order valence-corrected chi connectivity index (χ4v) is 2.11. The first-order valence-corrected chi connectivity index (χ1v) is 7.69. The lowest BCUT2D eigenvalue weighted by Gasteiger charge is -2.20. The summed E-state index contributed by atoms with van der Waals surface area (Å²) in [6.07, 6.45) is 0. The van der Waals surface area contributed by atoms with Crippen LogP contribution in [0.5, 0.6) is 0 Å². The highest BCUT2D eigenvalue weighted by atomic mass is 35.5. The summed E-state index contributed by atoms with van der Waals surface area (Å²) >= 11 is 12.0. The Hall–Kier alpha value is -1.01. The number of hydrogen-bond acceptors (Lipinski definition) is 3. The molecule has 1 rings (SSSR count). The van der Waals surface area contributed by atoms with Crippen LogP contribution < -0.4 is 11.1 Å². The lowest BCUT2D eigenvalue weighted by Crippen LogP contribution is -2.47. The Labute approximate surface area is 152 Å². The molecule has 23 heavy (non-hydrogen) atoms. The van der Waals surface area contributed by atoms with Crippen LogP contribution in [0.3, 0.4) is 0 Å². The minimum absolute atomic E-state index is 0. The van der Waals surface area contributed by atoms with Crippen LogP contribution in [0, 0.1) is 5.92 Å². The zero-order valence-corrected chi connectivity index (χ0v) is 15.6. The molecule has 130 valence electrons. The smallest absolute Gasteiger partial charge is 0.242 e. The molecule has 0 aliphatic rings. The standard InChI is InChI=1S/C15H21Cl2N3O2.ClH/c1-9(2)14(18)15(22)19-7-12(21)20(3)8-10-5-4-6-11(16)13(10)17;/h4-6,9,14H,7-8,18H2,1-3H3,(H,19,22);1H/t14-;/m0./s1. The molecule has 5 nitrogen and oxygen atoms in total. The topological polar surface area (TPSA) is 75.4 Å². The van der Waals surface area contributed by atoms with Crippen LogP contribution in [-0.4, -0.2) is 36.3 Å². The van der Waals surface area contributed by atoms with Crippen molar-refractivity contribution in [2.24, 2.45) is 11.7 Å². The van der Waals surface area contributed by atoms with E-state index in [1.165, 1.54) is 4.90 Å². The van der Waals surface area contributed by atoms with Crippen LogP contribution in [-0.2, 0) is 16.1 Å². The second kappa shape index (κ2) is 9.98. The van der Waals surface area contributed by atoms with Crippen molar-refractivity contribution in [3.8, 4) is 0 Å². The van der Waals surface area contributed by atoms with Gasteiger partial charge in [0.25, 0.3) is 0 Å². The van der Waals surface area contributed by atoms with E-state index >= 15 is 0 Å². The number of nitrogens with one attached hydrogen (secondary N) is 1. The van der Waals surface area contributed by atoms with E-state index < -0.39 is 6.04 Å². The van der Waals surface area contributed by atoms with Crippen LogP contribution >= 0.6 is 35.6 Å². The summed E-state index contributed by atoms with van der Waals surface area (Å²) in [5.74, 6) is -0.559. The second-order valence-electron chi connectivity index (χ2n) is 5.45. The monoisotopic (exact) mass is 381 g/mol. The molecule has 1 atom stereocenters. The van der Waals surface area contributed by atoms with Crippen LogP contribution in [0.25, 0.3) is 0 Å². The lowest BCUT2D eigenvalue weighted by molar-refractivity contribution is -0.132. The van der Waals surface area contributed by atoms with Crippen molar-refractivity contribution in [1.29, 1.82) is 0 Å². The molecular formula is C15H22Cl3N3O2. The predicted molar refractivity (Wildman–Crippen MR) is 96.0 cm³/mol. The van der Waals surface area contributed by atoms with E-state index in [2.05, 4.69) is 5.32 Å². The quantitative estimate of drug-likeness (QED) is 0.793. The van der Waals surface area contributed by atoms with Crippen molar-refractivity contribution in [3.63, 3.8) is 0 Å². The van der Waals surface area contributed by atoms with Crippen LogP contribution in [0.4, 0.5) is 0 Å². The molecule has 2 amide bonds. The number of amides is 2. The van der Waals surface area contributed by atoms with Crippen molar-refractivity contribution in [2.45, 2.75) is 26.4 Å². The summed E-state index contributed by atoms with van der Waals surface area (Å²) in [6, 6.07) is 4.62. The van der Waals surface area contributed by atoms with Gasteiger partial charge in [0.05, 0.1) is 22.6 Å². The fourth-order valence-electron chi connectivity index (χ4n) is 1.73. The maximum Gasteiger partial charge on any atom is 0.242 e. The van der Waals surface area contributed by atoms with Gasteiger partial charge in [0.1, 0.15) is 0 Å². The number of nitrogens with two attached hydrogens (primary N) is 1. The average molecular weight is 383 g/mol. The Kier molecular flexibility index (Phi) is 9.54. The van der Waals surface area contributed by atoms with E-state index in [0.29, 0.717) is 16.6 Å². The van der Waals surface area contributed by atoms with E-state index in [0.717, 1.165) is 5.56 Å². The van der Waals surface area contributed by atoms with Gasteiger partial charge in [-0.2, -0.15) is 0 Å². The Morgan fingerprint density at radius 3 is 2.48 bits per heavy atom. The molecule has 0 aromatic heterocycles. The second-order valence-corrected chi connectivity index (χ2v) is 6.24. The van der Waals surface area contributed by atoms with E-state index in [1.54, 1.807) is 25.2 Å². The largest absolute Gasteiger partial charge is 0.346 e. The number of likely N-dealkylation sites (N-methyl/N-ethyl adjacent to an activating group) is 1. The highest BCUT2D eigenvalue weighted by molar-refractivity contribution is 6.42. The number of halogens is 3. The summed E-state index contributed by atoms with van der Waals surface area (Å²) in [5, 5.41) is 3.41. The number of carbonyl (C=O) groups is 2. The molecule has 0 aliphatic carbocycles. The van der Waals surface area contributed by atoms with Crippen molar-refractivity contribution in [1.82, 2.24) is 10.2 Å². The van der Waals surface area contributed by atoms with E-state index in [-0.39, 0.29) is 36.7 Å². The van der Waals surface area contributed by atoms with Crippen LogP contribution in [0.1, 0.15) is 19.4 Å². The fraction of sp³-hybridized carbons (Fsp3) is 0.467. The zero-order valence-electron chi connectivity index (χ0n) is 13.3. The molecule has 0 spiro atoms. The molecule has 1 aromatic carbocycles. The van der Waals surface area contributed by atoms with Gasteiger partial charge in [0, 0.05) is 13.6 Å². The number of nitrogens with zero attached hydrogens (tertiary/aromatic N) is 1. The molecular weight excluding hydrogens is 361 g/mol. The zero-order chi connectivity index (χ0) is 16.9. The molecule has 0 aliphatic heterocycles. The Morgan fingerprint density at radius 2 is 1.91 bits per heavy atom. The van der Waals surface area contributed by atoms with Crippen LogP contribution in [0.15, 0.2) is 18.2 Å². The molecule has 1 aromatic rings. The molecule has 3 N–H and O–H groups in total. The molecule has 0 unspecified atom stereocenters. The minimum atomic E-state index is -0.625. The van der Waals surface area contributed by atoms with Gasteiger partial charge >= 0.3 is 0 Å². The van der Waals surface area contributed by atoms with E-state index in [4.69, 9.17) is 28.9 Å². The summed E-state index contributed by atoms with van der Waals surface area (Å²) < 4.78 is 0. The summed E-state index contributed by atoms with van der Waals surface area (Å²) in [7, 11) is 1.63. The summed E-state index contributed by atoms with van der Waals surface area (Å²) in [4.78, 5) is 25.2. The Balaban J connectivity index is 0.00000484. The van der Waals surface area contributed by atoms with Gasteiger partial charge in [0.2, 0.25) is 11.8 Å². The van der Waals surface area contributed by atoms with Gasteiger partial charge in [0.15, 0.2) is 0 Å². The van der Waals surface area contributed by atoms with Gasteiger partial charge in [-0.3, -0.25) is 9.59 Å². The first kappa shape index (κ1) is 22.0. The van der Waals surface area contributed by atoms with E-state index in [9.17, 15) is 9.59 Å². The highest BCUT2D eigenvalue weighted by Gasteiger charge is 2.19. The number of carbonyl (C=O) groups excluding carboxylic acids is 2. The third kappa shape index (κ3) is 6.55. The molecule has 0 heterocycles. The predicted octanol–water partition coefficient (Wildman–Crippen LogP) is 2.47. The maximum absolute atomic E-state index is 12.0. The minimum Gasteiger partial charge on any atom is -0.346 e.